The molecule has 0 radical (unpaired) electrons. The molecule has 0 aliphatic carbocycles. The third kappa shape index (κ3) is 3.36. The van der Waals surface area contributed by atoms with Gasteiger partial charge in [0.25, 0.3) is 10.0 Å². The number of methoxy groups -OCH3 is 1. The third-order valence-corrected chi connectivity index (χ3v) is 5.07. The standard InChI is InChI=1S/C13H11ClINO3S/c1-19-12-4-2-3-5-13(12)20(17,18)16-11-7-6-9(14)8-10(11)15/h2-8,16H,1H3. The molecule has 2 aromatic rings. The summed E-state index contributed by atoms with van der Waals surface area (Å²) in [5, 5.41) is 0.551. The molecule has 2 aromatic carbocycles. The van der Waals surface area contributed by atoms with Crippen molar-refractivity contribution in [1.29, 1.82) is 0 Å². The molecule has 0 heterocycles. The Labute approximate surface area is 136 Å². The molecule has 0 saturated carbocycles. The van der Waals surface area contributed by atoms with E-state index in [4.69, 9.17) is 16.3 Å². The van der Waals surface area contributed by atoms with Gasteiger partial charge in [-0.15, -0.1) is 0 Å². The van der Waals surface area contributed by atoms with Crippen molar-refractivity contribution in [2.75, 3.05) is 11.8 Å². The van der Waals surface area contributed by atoms with Gasteiger partial charge in [-0.1, -0.05) is 23.7 Å². The van der Waals surface area contributed by atoms with Crippen molar-refractivity contribution in [2.45, 2.75) is 4.90 Å². The van der Waals surface area contributed by atoms with Crippen molar-refractivity contribution < 1.29 is 13.2 Å². The van der Waals surface area contributed by atoms with Gasteiger partial charge in [-0.3, -0.25) is 4.72 Å². The third-order valence-electron chi connectivity index (χ3n) is 2.53. The smallest absolute Gasteiger partial charge is 0.265 e. The summed E-state index contributed by atoms with van der Waals surface area (Å²) in [6.45, 7) is 0. The molecule has 106 valence electrons. The summed E-state index contributed by atoms with van der Waals surface area (Å²) in [7, 11) is -2.28. The number of ether oxygens (including phenoxy) is 1. The number of rotatable bonds is 4. The van der Waals surface area contributed by atoms with Crippen LogP contribution in [-0.2, 0) is 10.0 Å². The Morgan fingerprint density at radius 3 is 2.55 bits per heavy atom. The summed E-state index contributed by atoms with van der Waals surface area (Å²) in [5.74, 6) is 0.295. The zero-order valence-corrected chi connectivity index (χ0v) is 14.2. The highest BCUT2D eigenvalue weighted by atomic mass is 127. The minimum Gasteiger partial charge on any atom is -0.495 e. The number of nitrogens with one attached hydrogen (secondary N) is 1. The molecule has 0 aliphatic heterocycles. The van der Waals surface area contributed by atoms with Crippen molar-refractivity contribution in [3.05, 3.63) is 51.1 Å². The van der Waals surface area contributed by atoms with E-state index in [1.165, 1.54) is 13.2 Å². The molecule has 0 bridgehead atoms. The fourth-order valence-electron chi connectivity index (χ4n) is 1.61. The lowest BCUT2D eigenvalue weighted by Crippen LogP contribution is -2.14. The summed E-state index contributed by atoms with van der Waals surface area (Å²) >= 11 is 7.87. The normalized spacial score (nSPS) is 11.2. The fraction of sp³-hybridized carbons (Fsp3) is 0.0769. The summed E-state index contributed by atoms with van der Waals surface area (Å²) in [4.78, 5) is 0.0910. The van der Waals surface area contributed by atoms with Crippen molar-refractivity contribution in [3.63, 3.8) is 0 Å². The van der Waals surface area contributed by atoms with Gasteiger partial charge in [-0.25, -0.2) is 8.42 Å². The molecule has 0 amide bonds. The van der Waals surface area contributed by atoms with Gasteiger partial charge >= 0.3 is 0 Å². The Morgan fingerprint density at radius 1 is 1.20 bits per heavy atom. The zero-order chi connectivity index (χ0) is 14.8. The summed E-state index contributed by atoms with van der Waals surface area (Å²) in [5.41, 5.74) is 0.473. The highest BCUT2D eigenvalue weighted by Gasteiger charge is 2.19. The number of sulfonamides is 1. The quantitative estimate of drug-likeness (QED) is 0.762. The summed E-state index contributed by atoms with van der Waals surface area (Å²) in [6, 6.07) is 11.4. The van der Waals surface area contributed by atoms with Crippen LogP contribution in [0.5, 0.6) is 5.75 Å². The Hall–Kier alpha value is -0.990. The van der Waals surface area contributed by atoms with E-state index in [1.54, 1.807) is 36.4 Å². The van der Waals surface area contributed by atoms with Gasteiger partial charge in [0.1, 0.15) is 10.6 Å². The number of hydrogen-bond acceptors (Lipinski definition) is 3. The number of para-hydroxylation sites is 1. The number of hydrogen-bond donors (Lipinski definition) is 1. The highest BCUT2D eigenvalue weighted by Crippen LogP contribution is 2.28. The topological polar surface area (TPSA) is 55.4 Å². The molecule has 20 heavy (non-hydrogen) atoms. The van der Waals surface area contributed by atoms with Crippen LogP contribution in [0.3, 0.4) is 0 Å². The van der Waals surface area contributed by atoms with E-state index < -0.39 is 10.0 Å². The van der Waals surface area contributed by atoms with Gasteiger partial charge in [0, 0.05) is 8.59 Å². The summed E-state index contributed by atoms with van der Waals surface area (Å²) in [6.07, 6.45) is 0. The minimum absolute atomic E-state index is 0.0910. The molecule has 0 fully saturated rings. The van der Waals surface area contributed by atoms with E-state index in [-0.39, 0.29) is 4.90 Å². The zero-order valence-electron chi connectivity index (χ0n) is 10.4. The van der Waals surface area contributed by atoms with Crippen LogP contribution in [0.4, 0.5) is 5.69 Å². The SMILES string of the molecule is COc1ccccc1S(=O)(=O)Nc1ccc(Cl)cc1I. The molecular weight excluding hydrogens is 413 g/mol. The van der Waals surface area contributed by atoms with Crippen LogP contribution >= 0.6 is 34.2 Å². The van der Waals surface area contributed by atoms with Gasteiger partial charge in [-0.05, 0) is 52.9 Å². The average Bonchev–Trinajstić information content (AvgIpc) is 2.42. The van der Waals surface area contributed by atoms with Crippen LogP contribution in [0.1, 0.15) is 0 Å². The van der Waals surface area contributed by atoms with Crippen LogP contribution in [0.15, 0.2) is 47.4 Å². The predicted molar refractivity (Wildman–Crippen MR) is 88.0 cm³/mol. The molecule has 0 atom stereocenters. The van der Waals surface area contributed by atoms with E-state index >= 15 is 0 Å². The van der Waals surface area contributed by atoms with Crippen LogP contribution < -0.4 is 9.46 Å². The molecule has 7 heteroatoms. The second-order valence-corrected chi connectivity index (χ2v) is 7.13. The monoisotopic (exact) mass is 423 g/mol. The maximum absolute atomic E-state index is 12.4. The lowest BCUT2D eigenvalue weighted by Gasteiger charge is -2.12. The number of halogens is 2. The van der Waals surface area contributed by atoms with Crippen LogP contribution in [0.2, 0.25) is 5.02 Å². The van der Waals surface area contributed by atoms with Crippen molar-refractivity contribution in [3.8, 4) is 5.75 Å². The second-order valence-electron chi connectivity index (χ2n) is 3.88. The molecule has 4 nitrogen and oxygen atoms in total. The lowest BCUT2D eigenvalue weighted by atomic mass is 10.3. The van der Waals surface area contributed by atoms with Crippen LogP contribution in [0, 0.1) is 3.57 Å². The first-order valence-corrected chi connectivity index (χ1v) is 8.49. The van der Waals surface area contributed by atoms with Gasteiger partial charge in [0.2, 0.25) is 0 Å². The summed E-state index contributed by atoms with van der Waals surface area (Å²) < 4.78 is 33.1. The predicted octanol–water partition coefficient (Wildman–Crippen LogP) is 3.75. The van der Waals surface area contributed by atoms with Crippen molar-refractivity contribution in [2.24, 2.45) is 0 Å². The van der Waals surface area contributed by atoms with E-state index in [0.29, 0.717) is 20.0 Å². The fourth-order valence-corrected chi connectivity index (χ4v) is 4.05. The number of benzene rings is 2. The lowest BCUT2D eigenvalue weighted by molar-refractivity contribution is 0.403. The Morgan fingerprint density at radius 2 is 1.90 bits per heavy atom. The molecule has 0 spiro atoms. The Balaban J connectivity index is 2.41. The van der Waals surface area contributed by atoms with E-state index in [2.05, 4.69) is 4.72 Å². The Kier molecular flexibility index (Phi) is 4.77. The Bertz CT molecular complexity index is 734. The maximum atomic E-state index is 12.4. The second kappa shape index (κ2) is 6.19. The first kappa shape index (κ1) is 15.4. The molecule has 0 saturated heterocycles. The average molecular weight is 424 g/mol. The van der Waals surface area contributed by atoms with E-state index in [0.717, 1.165) is 0 Å². The molecule has 0 aliphatic rings. The largest absolute Gasteiger partial charge is 0.495 e. The van der Waals surface area contributed by atoms with E-state index in [1.807, 2.05) is 22.6 Å². The van der Waals surface area contributed by atoms with Crippen molar-refractivity contribution >= 4 is 49.9 Å². The minimum atomic E-state index is -3.71. The van der Waals surface area contributed by atoms with Crippen LogP contribution in [0.25, 0.3) is 0 Å². The molecular formula is C13H11ClINO3S. The van der Waals surface area contributed by atoms with Gasteiger partial charge in [-0.2, -0.15) is 0 Å². The van der Waals surface area contributed by atoms with Crippen molar-refractivity contribution in [1.82, 2.24) is 0 Å². The van der Waals surface area contributed by atoms with E-state index in [9.17, 15) is 8.42 Å². The maximum Gasteiger partial charge on any atom is 0.265 e. The number of anilines is 1. The first-order chi connectivity index (χ1) is 9.44. The van der Waals surface area contributed by atoms with Crippen LogP contribution in [-0.4, -0.2) is 15.5 Å². The van der Waals surface area contributed by atoms with Gasteiger partial charge in [0.05, 0.1) is 12.8 Å². The molecule has 2 rings (SSSR count). The molecule has 1 N–H and O–H groups in total. The molecule has 0 aromatic heterocycles. The van der Waals surface area contributed by atoms with Gasteiger partial charge in [0.15, 0.2) is 0 Å². The highest BCUT2D eigenvalue weighted by molar-refractivity contribution is 14.1. The van der Waals surface area contributed by atoms with Gasteiger partial charge < -0.3 is 4.74 Å². The first-order valence-electron chi connectivity index (χ1n) is 5.55. The molecule has 0 unspecified atom stereocenters.